The van der Waals surface area contributed by atoms with Gasteiger partial charge in [0.2, 0.25) is 0 Å². The third-order valence-electron chi connectivity index (χ3n) is 3.24. The van der Waals surface area contributed by atoms with Crippen LogP contribution in [0, 0.1) is 11.8 Å². The molecule has 0 radical (unpaired) electrons. The van der Waals surface area contributed by atoms with Gasteiger partial charge >= 0.3 is 0 Å². The SMILES string of the molecule is CC=C(C)CCCC(C)CCCC(C)C. The molecule has 0 aliphatic carbocycles. The second-order valence-electron chi connectivity index (χ2n) is 5.46. The number of allylic oxidation sites excluding steroid dienone is 2. The van der Waals surface area contributed by atoms with Gasteiger partial charge in [-0.05, 0) is 38.5 Å². The zero-order chi connectivity index (χ0) is 11.7. The van der Waals surface area contributed by atoms with E-state index in [0.29, 0.717) is 0 Å². The van der Waals surface area contributed by atoms with Crippen LogP contribution in [0.5, 0.6) is 0 Å². The van der Waals surface area contributed by atoms with Crippen LogP contribution in [0.1, 0.15) is 73.1 Å². The van der Waals surface area contributed by atoms with Gasteiger partial charge in [0.25, 0.3) is 0 Å². The summed E-state index contributed by atoms with van der Waals surface area (Å²) in [4.78, 5) is 0. The zero-order valence-corrected chi connectivity index (χ0v) is 11.5. The average Bonchev–Trinajstić information content (AvgIpc) is 2.17. The van der Waals surface area contributed by atoms with Gasteiger partial charge in [-0.1, -0.05) is 58.1 Å². The molecule has 0 heteroatoms. The molecule has 0 N–H and O–H groups in total. The van der Waals surface area contributed by atoms with Gasteiger partial charge in [-0.25, -0.2) is 0 Å². The van der Waals surface area contributed by atoms with Gasteiger partial charge in [-0.2, -0.15) is 0 Å². The van der Waals surface area contributed by atoms with Gasteiger partial charge < -0.3 is 0 Å². The maximum atomic E-state index is 2.41. The second-order valence-corrected chi connectivity index (χ2v) is 5.46. The highest BCUT2D eigenvalue weighted by atomic mass is 14.1. The van der Waals surface area contributed by atoms with Crippen LogP contribution in [0.3, 0.4) is 0 Å². The standard InChI is InChI=1S/C15H30/c1-6-14(4)10-8-12-15(5)11-7-9-13(2)3/h6,13,15H,7-12H2,1-5H3. The van der Waals surface area contributed by atoms with Gasteiger partial charge in [-0.15, -0.1) is 0 Å². The van der Waals surface area contributed by atoms with Crippen LogP contribution < -0.4 is 0 Å². The van der Waals surface area contributed by atoms with Gasteiger partial charge in [0.05, 0.1) is 0 Å². The summed E-state index contributed by atoms with van der Waals surface area (Å²) in [6.07, 6.45) is 10.6. The molecule has 0 rings (SSSR count). The number of hydrogen-bond donors (Lipinski definition) is 0. The first-order valence-corrected chi connectivity index (χ1v) is 6.68. The molecule has 90 valence electrons. The molecule has 15 heavy (non-hydrogen) atoms. The van der Waals surface area contributed by atoms with Crippen LogP contribution in [0.2, 0.25) is 0 Å². The minimum Gasteiger partial charge on any atom is -0.0887 e. The van der Waals surface area contributed by atoms with Crippen LogP contribution in [-0.2, 0) is 0 Å². The van der Waals surface area contributed by atoms with E-state index >= 15 is 0 Å². The van der Waals surface area contributed by atoms with Crippen molar-refractivity contribution in [3.63, 3.8) is 0 Å². The monoisotopic (exact) mass is 210 g/mol. The van der Waals surface area contributed by atoms with Crippen molar-refractivity contribution in [3.05, 3.63) is 11.6 Å². The fraction of sp³-hybridized carbons (Fsp3) is 0.867. The van der Waals surface area contributed by atoms with E-state index in [2.05, 4.69) is 40.7 Å². The highest BCUT2D eigenvalue weighted by molar-refractivity contribution is 4.94. The first-order valence-electron chi connectivity index (χ1n) is 6.68. The molecular weight excluding hydrogens is 180 g/mol. The Kier molecular flexibility index (Phi) is 8.85. The molecule has 0 bridgehead atoms. The fourth-order valence-electron chi connectivity index (χ4n) is 1.89. The molecule has 0 nitrogen and oxygen atoms in total. The number of rotatable bonds is 8. The Bertz CT molecular complexity index is 165. The third-order valence-corrected chi connectivity index (χ3v) is 3.24. The Hall–Kier alpha value is -0.260. The summed E-state index contributed by atoms with van der Waals surface area (Å²) in [5.41, 5.74) is 1.55. The maximum absolute atomic E-state index is 2.41. The van der Waals surface area contributed by atoms with Crippen LogP contribution >= 0.6 is 0 Å². The average molecular weight is 210 g/mol. The molecule has 0 amide bonds. The third kappa shape index (κ3) is 10.0. The van der Waals surface area contributed by atoms with E-state index in [1.165, 1.54) is 38.5 Å². The Morgan fingerprint density at radius 2 is 1.60 bits per heavy atom. The molecule has 0 aromatic carbocycles. The first kappa shape index (κ1) is 14.7. The van der Waals surface area contributed by atoms with E-state index in [-0.39, 0.29) is 0 Å². The summed E-state index contributed by atoms with van der Waals surface area (Å²) in [5.74, 6) is 1.80. The molecule has 0 fully saturated rings. The first-order chi connectivity index (χ1) is 7.06. The predicted octanol–water partition coefficient (Wildman–Crippen LogP) is 5.59. The van der Waals surface area contributed by atoms with E-state index in [1.807, 2.05) is 0 Å². The normalized spacial score (nSPS) is 14.7. The maximum Gasteiger partial charge on any atom is -0.0323 e. The molecule has 0 saturated carbocycles. The summed E-state index contributed by atoms with van der Waals surface area (Å²) in [5, 5.41) is 0. The van der Waals surface area contributed by atoms with E-state index in [0.717, 1.165) is 11.8 Å². The minimum absolute atomic E-state index is 0.877. The summed E-state index contributed by atoms with van der Waals surface area (Å²) < 4.78 is 0. The van der Waals surface area contributed by atoms with Crippen molar-refractivity contribution >= 4 is 0 Å². The van der Waals surface area contributed by atoms with E-state index in [4.69, 9.17) is 0 Å². The molecule has 0 aliphatic rings. The van der Waals surface area contributed by atoms with Crippen molar-refractivity contribution < 1.29 is 0 Å². The summed E-state index contributed by atoms with van der Waals surface area (Å²) >= 11 is 0. The Labute approximate surface area is 97.2 Å². The molecule has 0 aliphatic heterocycles. The van der Waals surface area contributed by atoms with E-state index in [9.17, 15) is 0 Å². The molecule has 0 aromatic heterocycles. The highest BCUT2D eigenvalue weighted by Gasteiger charge is 2.03. The lowest BCUT2D eigenvalue weighted by Crippen LogP contribution is -1.97. The van der Waals surface area contributed by atoms with Crippen molar-refractivity contribution in [3.8, 4) is 0 Å². The van der Waals surface area contributed by atoms with E-state index < -0.39 is 0 Å². The smallest absolute Gasteiger partial charge is 0.0323 e. The Balaban J connectivity index is 3.37. The van der Waals surface area contributed by atoms with Crippen LogP contribution in [0.4, 0.5) is 0 Å². The summed E-state index contributed by atoms with van der Waals surface area (Å²) in [6.45, 7) is 11.4. The minimum atomic E-state index is 0.877. The molecule has 0 spiro atoms. The molecule has 0 heterocycles. The predicted molar refractivity (Wildman–Crippen MR) is 71.1 cm³/mol. The van der Waals surface area contributed by atoms with Crippen LogP contribution in [0.25, 0.3) is 0 Å². The molecular formula is C15H30. The summed E-state index contributed by atoms with van der Waals surface area (Å²) in [7, 11) is 0. The van der Waals surface area contributed by atoms with Crippen LogP contribution in [0.15, 0.2) is 11.6 Å². The summed E-state index contributed by atoms with van der Waals surface area (Å²) in [6, 6.07) is 0. The molecule has 1 unspecified atom stereocenters. The van der Waals surface area contributed by atoms with Gasteiger partial charge in [0, 0.05) is 0 Å². The van der Waals surface area contributed by atoms with Crippen molar-refractivity contribution in [2.24, 2.45) is 11.8 Å². The molecule has 1 atom stereocenters. The quantitative estimate of drug-likeness (QED) is 0.458. The van der Waals surface area contributed by atoms with Gasteiger partial charge in [0.1, 0.15) is 0 Å². The van der Waals surface area contributed by atoms with Crippen molar-refractivity contribution in [2.75, 3.05) is 0 Å². The zero-order valence-electron chi connectivity index (χ0n) is 11.5. The Morgan fingerprint density at radius 1 is 1.00 bits per heavy atom. The second kappa shape index (κ2) is 9.00. The van der Waals surface area contributed by atoms with Crippen molar-refractivity contribution in [2.45, 2.75) is 73.1 Å². The fourth-order valence-corrected chi connectivity index (χ4v) is 1.89. The van der Waals surface area contributed by atoms with Crippen molar-refractivity contribution in [1.82, 2.24) is 0 Å². The lowest BCUT2D eigenvalue weighted by molar-refractivity contribution is 0.427. The topological polar surface area (TPSA) is 0 Å². The highest BCUT2D eigenvalue weighted by Crippen LogP contribution is 2.18. The van der Waals surface area contributed by atoms with Crippen molar-refractivity contribution in [1.29, 1.82) is 0 Å². The molecule has 0 aromatic rings. The number of hydrogen-bond acceptors (Lipinski definition) is 0. The lowest BCUT2D eigenvalue weighted by atomic mass is 9.94. The molecule has 0 saturated heterocycles. The van der Waals surface area contributed by atoms with Gasteiger partial charge in [-0.3, -0.25) is 0 Å². The lowest BCUT2D eigenvalue weighted by Gasteiger charge is -2.12. The van der Waals surface area contributed by atoms with Crippen LogP contribution in [-0.4, -0.2) is 0 Å². The largest absolute Gasteiger partial charge is 0.0887 e. The Morgan fingerprint density at radius 3 is 2.13 bits per heavy atom. The van der Waals surface area contributed by atoms with E-state index in [1.54, 1.807) is 5.57 Å². The van der Waals surface area contributed by atoms with Gasteiger partial charge in [0.15, 0.2) is 0 Å².